The van der Waals surface area contributed by atoms with Crippen molar-refractivity contribution in [3.8, 4) is 0 Å². The summed E-state index contributed by atoms with van der Waals surface area (Å²) in [5, 5.41) is 0. The average molecular weight is 113 g/mol. The van der Waals surface area contributed by atoms with Crippen molar-refractivity contribution in [2.24, 2.45) is 0 Å². The van der Waals surface area contributed by atoms with Crippen LogP contribution in [0.1, 0.15) is 13.8 Å². The van der Waals surface area contributed by atoms with Crippen molar-refractivity contribution in [3.63, 3.8) is 0 Å². The van der Waals surface area contributed by atoms with Crippen LogP contribution in [0.4, 0.5) is 0 Å². The summed E-state index contributed by atoms with van der Waals surface area (Å²) in [6.45, 7) is 5.00. The monoisotopic (exact) mass is 113 g/mol. The molecule has 1 heterocycles. The molecule has 0 fully saturated rings. The minimum atomic E-state index is 0.564. The Kier molecular flexibility index (Phi) is 1.42. The van der Waals surface area contributed by atoms with Crippen LogP contribution in [0.15, 0.2) is 12.5 Å². The first-order chi connectivity index (χ1) is 3.80. The average Bonchev–Trinajstić information content (AvgIpc) is 2.12. The molecule has 0 spiro atoms. The molecule has 1 aliphatic rings. The molecule has 2 nitrogen and oxygen atoms in total. The van der Waals surface area contributed by atoms with Crippen molar-refractivity contribution in [3.05, 3.63) is 12.5 Å². The van der Waals surface area contributed by atoms with Gasteiger partial charge in [0.25, 0.3) is 0 Å². The minimum absolute atomic E-state index is 0.564. The molecule has 1 aliphatic heterocycles. The van der Waals surface area contributed by atoms with Crippen LogP contribution in [0.3, 0.4) is 0 Å². The number of rotatable bonds is 1. The zero-order valence-corrected chi connectivity index (χ0v) is 5.29. The molecular weight excluding hydrogens is 102 g/mol. The zero-order chi connectivity index (χ0) is 5.98. The van der Waals surface area contributed by atoms with Crippen LogP contribution >= 0.6 is 0 Å². The van der Waals surface area contributed by atoms with Crippen LogP contribution in [0.25, 0.3) is 0 Å². The van der Waals surface area contributed by atoms with Gasteiger partial charge in [0.15, 0.2) is 6.73 Å². The van der Waals surface area contributed by atoms with E-state index in [1.54, 1.807) is 6.26 Å². The van der Waals surface area contributed by atoms with Crippen LogP contribution in [-0.2, 0) is 4.74 Å². The van der Waals surface area contributed by atoms with Gasteiger partial charge in [0.05, 0.1) is 0 Å². The predicted molar refractivity (Wildman–Crippen MR) is 32.1 cm³/mol. The zero-order valence-electron chi connectivity index (χ0n) is 5.29. The van der Waals surface area contributed by atoms with Crippen molar-refractivity contribution in [1.29, 1.82) is 0 Å². The second-order valence-electron chi connectivity index (χ2n) is 2.19. The van der Waals surface area contributed by atoms with Crippen molar-refractivity contribution in [1.82, 2.24) is 4.90 Å². The van der Waals surface area contributed by atoms with E-state index in [0.717, 1.165) is 6.73 Å². The summed E-state index contributed by atoms with van der Waals surface area (Å²) in [5.41, 5.74) is 0. The van der Waals surface area contributed by atoms with E-state index < -0.39 is 0 Å². The van der Waals surface area contributed by atoms with Crippen LogP contribution < -0.4 is 0 Å². The molecule has 0 aliphatic carbocycles. The van der Waals surface area contributed by atoms with Crippen LogP contribution in [0.5, 0.6) is 0 Å². The molecule has 0 N–H and O–H groups in total. The lowest BCUT2D eigenvalue weighted by atomic mass is 10.4. The van der Waals surface area contributed by atoms with Gasteiger partial charge in [-0.15, -0.1) is 0 Å². The van der Waals surface area contributed by atoms with Crippen molar-refractivity contribution >= 4 is 0 Å². The Labute approximate surface area is 49.7 Å². The van der Waals surface area contributed by atoms with Gasteiger partial charge in [0.1, 0.15) is 6.26 Å². The third kappa shape index (κ3) is 0.941. The second kappa shape index (κ2) is 2.07. The third-order valence-corrected chi connectivity index (χ3v) is 1.24. The molecule has 0 amide bonds. The van der Waals surface area contributed by atoms with E-state index in [0.29, 0.717) is 6.04 Å². The van der Waals surface area contributed by atoms with Crippen molar-refractivity contribution in [2.75, 3.05) is 6.73 Å². The minimum Gasteiger partial charge on any atom is -0.479 e. The van der Waals surface area contributed by atoms with Crippen LogP contribution in [-0.4, -0.2) is 17.7 Å². The summed E-state index contributed by atoms with van der Waals surface area (Å²) in [7, 11) is 0. The van der Waals surface area contributed by atoms with E-state index in [-0.39, 0.29) is 0 Å². The number of ether oxygens (including phenoxy) is 1. The predicted octanol–water partition coefficient (Wildman–Crippen LogP) is 1.16. The maximum Gasteiger partial charge on any atom is 0.160 e. The second-order valence-corrected chi connectivity index (χ2v) is 2.19. The highest BCUT2D eigenvalue weighted by Crippen LogP contribution is 2.04. The summed E-state index contributed by atoms with van der Waals surface area (Å²) in [6, 6.07) is 0.564. The molecule has 0 aromatic carbocycles. The van der Waals surface area contributed by atoms with E-state index in [9.17, 15) is 0 Å². The van der Waals surface area contributed by atoms with Gasteiger partial charge in [0.2, 0.25) is 0 Å². The van der Waals surface area contributed by atoms with Gasteiger partial charge in [-0.05, 0) is 13.8 Å². The Hall–Kier alpha value is -0.660. The van der Waals surface area contributed by atoms with Crippen molar-refractivity contribution in [2.45, 2.75) is 19.9 Å². The summed E-state index contributed by atoms with van der Waals surface area (Å²) in [5.74, 6) is 0. The highest BCUT2D eigenvalue weighted by molar-refractivity contribution is 4.81. The molecular formula is C6H11NO. The van der Waals surface area contributed by atoms with E-state index in [1.807, 2.05) is 6.20 Å². The van der Waals surface area contributed by atoms with E-state index in [4.69, 9.17) is 4.74 Å². The summed E-state index contributed by atoms with van der Waals surface area (Å²) in [6.07, 6.45) is 3.69. The fourth-order valence-electron chi connectivity index (χ4n) is 0.615. The fourth-order valence-corrected chi connectivity index (χ4v) is 0.615. The molecule has 0 atom stereocenters. The van der Waals surface area contributed by atoms with Gasteiger partial charge < -0.3 is 9.64 Å². The molecule has 0 aromatic rings. The molecule has 0 aromatic heterocycles. The largest absolute Gasteiger partial charge is 0.479 e. The molecule has 8 heavy (non-hydrogen) atoms. The Morgan fingerprint density at radius 1 is 1.62 bits per heavy atom. The molecule has 0 saturated heterocycles. The molecule has 46 valence electrons. The smallest absolute Gasteiger partial charge is 0.160 e. The molecule has 0 radical (unpaired) electrons. The van der Waals surface area contributed by atoms with Crippen molar-refractivity contribution < 1.29 is 4.74 Å². The third-order valence-electron chi connectivity index (χ3n) is 1.24. The summed E-state index contributed by atoms with van der Waals surface area (Å²) in [4.78, 5) is 2.12. The van der Waals surface area contributed by atoms with Gasteiger partial charge in [-0.3, -0.25) is 0 Å². The van der Waals surface area contributed by atoms with Gasteiger partial charge in [-0.1, -0.05) is 0 Å². The molecule has 2 heteroatoms. The highest BCUT2D eigenvalue weighted by atomic mass is 16.5. The van der Waals surface area contributed by atoms with E-state index >= 15 is 0 Å². The first-order valence-corrected chi connectivity index (χ1v) is 2.85. The lowest BCUT2D eigenvalue weighted by Crippen LogP contribution is -2.23. The fraction of sp³-hybridized carbons (Fsp3) is 0.667. The molecule has 0 unspecified atom stereocenters. The Morgan fingerprint density at radius 3 is 2.62 bits per heavy atom. The number of nitrogens with zero attached hydrogens (tertiary/aromatic N) is 1. The Balaban J connectivity index is 2.36. The Bertz CT molecular complexity index is 98.7. The standard InChI is InChI=1S/C6H11NO/c1-6(2)7-3-4-8-5-7/h3-4,6H,5H2,1-2H3. The van der Waals surface area contributed by atoms with Gasteiger partial charge in [0, 0.05) is 12.2 Å². The molecule has 1 rings (SSSR count). The molecule has 0 saturated carbocycles. The van der Waals surface area contributed by atoms with Gasteiger partial charge >= 0.3 is 0 Å². The van der Waals surface area contributed by atoms with Crippen LogP contribution in [0, 0.1) is 0 Å². The maximum absolute atomic E-state index is 4.96. The summed E-state index contributed by atoms with van der Waals surface area (Å²) < 4.78 is 4.96. The quantitative estimate of drug-likeness (QED) is 0.506. The highest BCUT2D eigenvalue weighted by Gasteiger charge is 2.06. The number of hydrogen-bond acceptors (Lipinski definition) is 2. The van der Waals surface area contributed by atoms with Gasteiger partial charge in [-0.25, -0.2) is 0 Å². The van der Waals surface area contributed by atoms with Gasteiger partial charge in [-0.2, -0.15) is 0 Å². The first kappa shape index (κ1) is 5.48. The van der Waals surface area contributed by atoms with E-state index in [2.05, 4.69) is 18.7 Å². The topological polar surface area (TPSA) is 12.5 Å². The van der Waals surface area contributed by atoms with Crippen LogP contribution in [0.2, 0.25) is 0 Å². The lowest BCUT2D eigenvalue weighted by Gasteiger charge is -2.17. The SMILES string of the molecule is CC(C)N1C=COC1. The normalized spacial score (nSPS) is 17.6. The number of hydrogen-bond donors (Lipinski definition) is 0. The maximum atomic E-state index is 4.96. The Morgan fingerprint density at radius 2 is 2.38 bits per heavy atom. The molecule has 0 bridgehead atoms. The lowest BCUT2D eigenvalue weighted by molar-refractivity contribution is 0.149. The summed E-state index contributed by atoms with van der Waals surface area (Å²) >= 11 is 0. The van der Waals surface area contributed by atoms with E-state index in [1.165, 1.54) is 0 Å². The first-order valence-electron chi connectivity index (χ1n) is 2.85.